The second-order valence-electron chi connectivity index (χ2n) is 5.30. The Kier molecular flexibility index (Phi) is 4.46. The first-order valence-corrected chi connectivity index (χ1v) is 7.98. The number of imide groups is 1. The minimum Gasteiger partial charge on any atom is -0.327 e. The summed E-state index contributed by atoms with van der Waals surface area (Å²) in [5.74, 6) is -0.918. The molecule has 1 N–H and O–H groups in total. The van der Waals surface area contributed by atoms with Crippen molar-refractivity contribution in [2.24, 2.45) is 0 Å². The van der Waals surface area contributed by atoms with Gasteiger partial charge in [-0.1, -0.05) is 41.9 Å². The molecule has 1 saturated heterocycles. The highest BCUT2D eigenvalue weighted by Gasteiger charge is 2.36. The zero-order chi connectivity index (χ0) is 17.3. The molecular weight excluding hydrogens is 344 g/mol. The molecule has 1 fully saturated rings. The van der Waals surface area contributed by atoms with Crippen LogP contribution in [-0.4, -0.2) is 21.8 Å². The number of nitrogens with zero attached hydrogens (tertiary/aromatic N) is 1. The Morgan fingerprint density at radius 2 is 1.96 bits per heavy atom. The number of carbonyl (C=O) groups excluding carboxylic acids is 2. The molecule has 0 aromatic heterocycles. The summed E-state index contributed by atoms with van der Waals surface area (Å²) >= 11 is 11.1. The van der Waals surface area contributed by atoms with E-state index in [1.54, 1.807) is 36.4 Å². The van der Waals surface area contributed by atoms with E-state index in [0.29, 0.717) is 10.6 Å². The van der Waals surface area contributed by atoms with E-state index in [1.165, 1.54) is 0 Å². The fraction of sp³-hybridized carbons (Fsp3) is 0.0556. The summed E-state index contributed by atoms with van der Waals surface area (Å²) in [6.45, 7) is 1.81. The third-order valence-corrected chi connectivity index (χ3v) is 4.14. The van der Waals surface area contributed by atoms with E-state index in [0.717, 1.165) is 16.0 Å². The number of hydrogen-bond acceptors (Lipinski definition) is 3. The highest BCUT2D eigenvalue weighted by Crippen LogP contribution is 2.20. The summed E-state index contributed by atoms with van der Waals surface area (Å²) in [6.07, 6.45) is 1.62. The summed E-state index contributed by atoms with van der Waals surface area (Å²) in [5.41, 5.74) is 2.21. The first kappa shape index (κ1) is 16.4. The van der Waals surface area contributed by atoms with E-state index in [-0.39, 0.29) is 10.8 Å². The van der Waals surface area contributed by atoms with Crippen LogP contribution in [0.1, 0.15) is 21.5 Å². The molecule has 0 unspecified atom stereocenters. The molecule has 0 saturated carbocycles. The molecule has 1 aliphatic heterocycles. The minimum absolute atomic E-state index is 0.0709. The van der Waals surface area contributed by atoms with Crippen molar-refractivity contribution < 1.29 is 9.59 Å². The molecule has 6 heteroatoms. The zero-order valence-electron chi connectivity index (χ0n) is 12.7. The number of aryl methyl sites for hydroxylation is 1. The first-order chi connectivity index (χ1) is 11.5. The third-order valence-electron chi connectivity index (χ3n) is 3.62. The summed E-state index contributed by atoms with van der Waals surface area (Å²) in [6, 6.07) is 14.1. The monoisotopic (exact) mass is 356 g/mol. The van der Waals surface area contributed by atoms with E-state index >= 15 is 0 Å². The lowest BCUT2D eigenvalue weighted by molar-refractivity contribution is -0.120. The number of nitrogens with one attached hydrogen (secondary N) is 1. The zero-order valence-corrected chi connectivity index (χ0v) is 14.3. The number of hydrogen-bond donors (Lipinski definition) is 1. The highest BCUT2D eigenvalue weighted by molar-refractivity contribution is 7.80. The maximum atomic E-state index is 12.7. The molecule has 3 rings (SSSR count). The van der Waals surface area contributed by atoms with Crippen molar-refractivity contribution in [3.8, 4) is 0 Å². The minimum atomic E-state index is -0.478. The largest absolute Gasteiger partial charge is 0.327 e. The van der Waals surface area contributed by atoms with Crippen LogP contribution in [0.3, 0.4) is 0 Å². The molecule has 4 nitrogen and oxygen atoms in total. The molecule has 0 spiro atoms. The predicted molar refractivity (Wildman–Crippen MR) is 97.5 cm³/mol. The maximum Gasteiger partial charge on any atom is 0.283 e. The van der Waals surface area contributed by atoms with Crippen molar-refractivity contribution in [3.05, 3.63) is 75.9 Å². The maximum absolute atomic E-state index is 12.7. The SMILES string of the molecule is Cc1ccccc1C(=O)N1C(=O)/C(=C/c2cccc(Cl)c2)NC1=S. The van der Waals surface area contributed by atoms with Crippen LogP contribution in [0.25, 0.3) is 6.08 Å². The van der Waals surface area contributed by atoms with E-state index in [2.05, 4.69) is 5.32 Å². The number of thiocarbonyl (C=S) groups is 1. The standard InChI is InChI=1S/C18H13ClN2O2S/c1-11-5-2-3-8-14(11)16(22)21-17(23)15(20-18(21)24)10-12-6-4-7-13(19)9-12/h2-10H,1H3,(H,20,24)/b15-10-. The van der Waals surface area contributed by atoms with Gasteiger partial charge in [-0.25, -0.2) is 4.90 Å². The van der Waals surface area contributed by atoms with Gasteiger partial charge in [0.2, 0.25) is 0 Å². The molecule has 1 aliphatic rings. The fourth-order valence-corrected chi connectivity index (χ4v) is 2.89. The number of halogens is 1. The lowest BCUT2D eigenvalue weighted by atomic mass is 10.1. The fourth-order valence-electron chi connectivity index (χ4n) is 2.42. The quantitative estimate of drug-likeness (QED) is 0.508. The molecule has 0 radical (unpaired) electrons. The van der Waals surface area contributed by atoms with E-state index in [4.69, 9.17) is 23.8 Å². The smallest absolute Gasteiger partial charge is 0.283 e. The molecule has 2 amide bonds. The lowest BCUT2D eigenvalue weighted by Gasteiger charge is -2.13. The van der Waals surface area contributed by atoms with Crippen molar-refractivity contribution in [1.82, 2.24) is 10.2 Å². The number of benzene rings is 2. The van der Waals surface area contributed by atoms with Gasteiger partial charge in [-0.05, 0) is 54.5 Å². The van der Waals surface area contributed by atoms with Crippen molar-refractivity contribution in [3.63, 3.8) is 0 Å². The van der Waals surface area contributed by atoms with E-state index in [9.17, 15) is 9.59 Å². The van der Waals surface area contributed by atoms with Crippen LogP contribution >= 0.6 is 23.8 Å². The molecule has 0 atom stereocenters. The van der Waals surface area contributed by atoms with Gasteiger partial charge in [-0.2, -0.15) is 0 Å². The van der Waals surface area contributed by atoms with Gasteiger partial charge in [0, 0.05) is 10.6 Å². The summed E-state index contributed by atoms with van der Waals surface area (Å²) in [7, 11) is 0. The topological polar surface area (TPSA) is 49.4 Å². The Morgan fingerprint density at radius 1 is 1.21 bits per heavy atom. The average molecular weight is 357 g/mol. The second kappa shape index (κ2) is 6.55. The van der Waals surface area contributed by atoms with Crippen LogP contribution in [0.2, 0.25) is 5.02 Å². The molecule has 0 aliphatic carbocycles. The Labute approximate surface area is 149 Å². The van der Waals surface area contributed by atoms with Crippen LogP contribution in [0.5, 0.6) is 0 Å². The van der Waals surface area contributed by atoms with Gasteiger partial charge in [0.05, 0.1) is 0 Å². The van der Waals surface area contributed by atoms with Gasteiger partial charge in [0.15, 0.2) is 5.11 Å². The number of amides is 2. The molecule has 120 valence electrons. The van der Waals surface area contributed by atoms with E-state index in [1.807, 2.05) is 25.1 Å². The highest BCUT2D eigenvalue weighted by atomic mass is 35.5. The Hall–Kier alpha value is -2.50. The van der Waals surface area contributed by atoms with Crippen molar-refractivity contribution in [2.45, 2.75) is 6.92 Å². The average Bonchev–Trinajstić information content (AvgIpc) is 2.81. The van der Waals surface area contributed by atoms with Crippen LogP contribution in [0, 0.1) is 6.92 Å². The van der Waals surface area contributed by atoms with Gasteiger partial charge >= 0.3 is 0 Å². The Morgan fingerprint density at radius 3 is 2.67 bits per heavy atom. The van der Waals surface area contributed by atoms with Crippen LogP contribution in [0.15, 0.2) is 54.2 Å². The van der Waals surface area contributed by atoms with Gasteiger partial charge < -0.3 is 5.32 Å². The van der Waals surface area contributed by atoms with Crippen LogP contribution in [0.4, 0.5) is 0 Å². The predicted octanol–water partition coefficient (Wildman–Crippen LogP) is 3.55. The van der Waals surface area contributed by atoms with Crippen molar-refractivity contribution in [2.75, 3.05) is 0 Å². The van der Waals surface area contributed by atoms with Gasteiger partial charge in [0.1, 0.15) is 5.70 Å². The van der Waals surface area contributed by atoms with Crippen LogP contribution < -0.4 is 5.32 Å². The first-order valence-electron chi connectivity index (χ1n) is 7.20. The molecular formula is C18H13ClN2O2S. The summed E-state index contributed by atoms with van der Waals surface area (Å²) in [4.78, 5) is 26.2. The second-order valence-corrected chi connectivity index (χ2v) is 6.13. The van der Waals surface area contributed by atoms with E-state index < -0.39 is 11.8 Å². The summed E-state index contributed by atoms with van der Waals surface area (Å²) in [5, 5.41) is 3.43. The van der Waals surface area contributed by atoms with Gasteiger partial charge in [-0.3, -0.25) is 9.59 Å². The van der Waals surface area contributed by atoms with Gasteiger partial charge in [0.25, 0.3) is 11.8 Å². The number of carbonyl (C=O) groups is 2. The molecule has 1 heterocycles. The van der Waals surface area contributed by atoms with Crippen molar-refractivity contribution in [1.29, 1.82) is 0 Å². The Bertz CT molecular complexity index is 892. The lowest BCUT2D eigenvalue weighted by Crippen LogP contribution is -2.37. The van der Waals surface area contributed by atoms with Gasteiger partial charge in [-0.15, -0.1) is 0 Å². The number of rotatable bonds is 2. The third kappa shape index (κ3) is 3.09. The normalized spacial score (nSPS) is 15.8. The summed E-state index contributed by atoms with van der Waals surface area (Å²) < 4.78 is 0. The van der Waals surface area contributed by atoms with Crippen LogP contribution in [-0.2, 0) is 4.79 Å². The molecule has 0 bridgehead atoms. The van der Waals surface area contributed by atoms with Crippen molar-refractivity contribution >= 4 is 46.8 Å². The molecule has 24 heavy (non-hydrogen) atoms. The molecule has 2 aromatic carbocycles. The molecule has 2 aromatic rings. The Balaban J connectivity index is 1.92.